The van der Waals surface area contributed by atoms with Crippen molar-refractivity contribution in [2.24, 2.45) is 5.41 Å². The minimum Gasteiger partial charge on any atom is -0.508 e. The molecule has 0 bridgehead atoms. The third kappa shape index (κ3) is 3.67. The highest BCUT2D eigenvalue weighted by atomic mass is 16.5. The molecule has 1 heterocycles. The SMILES string of the molecule is CC(=Cc1ccc(O)cc1)c1ccc2c(c1)OCC(C)(C)CO2. The Labute approximate surface area is 137 Å². The molecule has 0 radical (unpaired) electrons. The summed E-state index contributed by atoms with van der Waals surface area (Å²) in [6.45, 7) is 7.63. The number of hydrogen-bond acceptors (Lipinski definition) is 3. The van der Waals surface area contributed by atoms with Crippen LogP contribution in [0.2, 0.25) is 0 Å². The standard InChI is InChI=1S/C20H22O3/c1-14(10-15-4-7-17(21)8-5-15)16-6-9-18-19(11-16)23-13-20(2,3)12-22-18/h4-11,21H,12-13H2,1-3H3. The van der Waals surface area contributed by atoms with E-state index >= 15 is 0 Å². The summed E-state index contributed by atoms with van der Waals surface area (Å²) in [6.07, 6.45) is 2.09. The van der Waals surface area contributed by atoms with Crippen molar-refractivity contribution in [3.8, 4) is 17.2 Å². The van der Waals surface area contributed by atoms with Crippen LogP contribution in [0.4, 0.5) is 0 Å². The summed E-state index contributed by atoms with van der Waals surface area (Å²) in [5, 5.41) is 9.36. The van der Waals surface area contributed by atoms with E-state index in [1.54, 1.807) is 12.1 Å². The molecule has 3 rings (SSSR count). The zero-order valence-electron chi connectivity index (χ0n) is 13.8. The first-order chi connectivity index (χ1) is 10.9. The van der Waals surface area contributed by atoms with Gasteiger partial charge in [-0.3, -0.25) is 0 Å². The molecule has 0 unspecified atom stereocenters. The van der Waals surface area contributed by atoms with E-state index in [9.17, 15) is 5.11 Å². The minimum atomic E-state index is 0.0100. The lowest BCUT2D eigenvalue weighted by Crippen LogP contribution is -2.26. The molecule has 0 amide bonds. The number of allylic oxidation sites excluding steroid dienone is 1. The molecule has 2 aromatic rings. The molecule has 0 saturated carbocycles. The molecule has 0 aromatic heterocycles. The van der Waals surface area contributed by atoms with E-state index in [0.29, 0.717) is 13.2 Å². The fourth-order valence-electron chi connectivity index (χ4n) is 2.48. The van der Waals surface area contributed by atoms with Crippen molar-refractivity contribution in [3.05, 3.63) is 53.6 Å². The van der Waals surface area contributed by atoms with Crippen LogP contribution in [0.25, 0.3) is 11.6 Å². The second-order valence-electron chi connectivity index (χ2n) is 6.82. The Kier molecular flexibility index (Phi) is 4.03. The van der Waals surface area contributed by atoms with Crippen molar-refractivity contribution in [1.29, 1.82) is 0 Å². The van der Waals surface area contributed by atoms with Crippen molar-refractivity contribution in [3.63, 3.8) is 0 Å². The maximum atomic E-state index is 9.36. The van der Waals surface area contributed by atoms with E-state index in [1.807, 2.05) is 30.3 Å². The van der Waals surface area contributed by atoms with Crippen LogP contribution in [0, 0.1) is 5.41 Å². The van der Waals surface area contributed by atoms with Gasteiger partial charge in [-0.15, -0.1) is 0 Å². The number of phenols is 1. The van der Waals surface area contributed by atoms with Crippen molar-refractivity contribution in [2.45, 2.75) is 20.8 Å². The molecule has 120 valence electrons. The lowest BCUT2D eigenvalue weighted by atomic mass is 9.97. The molecule has 2 aromatic carbocycles. The van der Waals surface area contributed by atoms with Gasteiger partial charge in [0.2, 0.25) is 0 Å². The van der Waals surface area contributed by atoms with Gasteiger partial charge in [0.1, 0.15) is 5.75 Å². The van der Waals surface area contributed by atoms with Crippen LogP contribution in [0.5, 0.6) is 17.2 Å². The third-order valence-corrected chi connectivity index (χ3v) is 3.91. The molecule has 1 aliphatic rings. The highest BCUT2D eigenvalue weighted by molar-refractivity contribution is 5.81. The summed E-state index contributed by atoms with van der Waals surface area (Å²) in [5.41, 5.74) is 3.29. The van der Waals surface area contributed by atoms with Crippen molar-refractivity contribution < 1.29 is 14.6 Å². The largest absolute Gasteiger partial charge is 0.508 e. The van der Waals surface area contributed by atoms with Crippen molar-refractivity contribution in [2.75, 3.05) is 13.2 Å². The van der Waals surface area contributed by atoms with Crippen LogP contribution in [0.15, 0.2) is 42.5 Å². The summed E-state index contributed by atoms with van der Waals surface area (Å²) < 4.78 is 11.8. The molecule has 0 spiro atoms. The summed E-state index contributed by atoms with van der Waals surface area (Å²) in [7, 11) is 0. The smallest absolute Gasteiger partial charge is 0.161 e. The first kappa shape index (κ1) is 15.5. The van der Waals surface area contributed by atoms with Crippen LogP contribution in [0.3, 0.4) is 0 Å². The maximum absolute atomic E-state index is 9.36. The summed E-state index contributed by atoms with van der Waals surface area (Å²) in [5.74, 6) is 1.88. The maximum Gasteiger partial charge on any atom is 0.161 e. The zero-order valence-corrected chi connectivity index (χ0v) is 13.8. The second-order valence-corrected chi connectivity index (χ2v) is 6.82. The Morgan fingerprint density at radius 2 is 1.65 bits per heavy atom. The molecule has 1 aliphatic heterocycles. The molecule has 3 heteroatoms. The van der Waals surface area contributed by atoms with Gasteiger partial charge in [0.05, 0.1) is 13.2 Å². The first-order valence-corrected chi connectivity index (χ1v) is 7.80. The quantitative estimate of drug-likeness (QED) is 0.814. The number of benzene rings is 2. The molecular formula is C20H22O3. The fourth-order valence-corrected chi connectivity index (χ4v) is 2.48. The lowest BCUT2D eigenvalue weighted by Gasteiger charge is -2.19. The van der Waals surface area contributed by atoms with Crippen LogP contribution < -0.4 is 9.47 Å². The second kappa shape index (κ2) is 5.99. The number of ether oxygens (including phenoxy) is 2. The predicted octanol–water partition coefficient (Wildman–Crippen LogP) is 4.75. The van der Waals surface area contributed by atoms with E-state index in [0.717, 1.165) is 28.2 Å². The van der Waals surface area contributed by atoms with E-state index in [-0.39, 0.29) is 11.2 Å². The molecule has 1 N–H and O–H groups in total. The van der Waals surface area contributed by atoms with Crippen LogP contribution in [-0.2, 0) is 0 Å². The van der Waals surface area contributed by atoms with Crippen LogP contribution >= 0.6 is 0 Å². The van der Waals surface area contributed by atoms with Crippen molar-refractivity contribution in [1.82, 2.24) is 0 Å². The Morgan fingerprint density at radius 3 is 2.35 bits per heavy atom. The number of rotatable bonds is 2. The molecule has 0 saturated heterocycles. The number of hydrogen-bond donors (Lipinski definition) is 1. The third-order valence-electron chi connectivity index (χ3n) is 3.91. The summed E-state index contributed by atoms with van der Waals surface area (Å²) >= 11 is 0. The Bertz CT molecular complexity index is 727. The van der Waals surface area contributed by atoms with Gasteiger partial charge in [-0.25, -0.2) is 0 Å². The number of phenolic OH excluding ortho intramolecular Hbond substituents is 1. The van der Waals surface area contributed by atoms with E-state index in [4.69, 9.17) is 9.47 Å². The Balaban J connectivity index is 1.87. The highest BCUT2D eigenvalue weighted by Gasteiger charge is 2.25. The van der Waals surface area contributed by atoms with Gasteiger partial charge >= 0.3 is 0 Å². The number of fused-ring (bicyclic) bond motifs is 1. The van der Waals surface area contributed by atoms with Gasteiger partial charge < -0.3 is 14.6 Å². The average Bonchev–Trinajstić information content (AvgIpc) is 2.68. The topological polar surface area (TPSA) is 38.7 Å². The molecule has 3 nitrogen and oxygen atoms in total. The van der Waals surface area contributed by atoms with Gasteiger partial charge in [-0.1, -0.05) is 38.1 Å². The summed E-state index contributed by atoms with van der Waals surface area (Å²) in [4.78, 5) is 0. The Morgan fingerprint density at radius 1 is 1.00 bits per heavy atom. The van der Waals surface area contributed by atoms with Gasteiger partial charge in [0.15, 0.2) is 11.5 Å². The number of aromatic hydroxyl groups is 1. The van der Waals surface area contributed by atoms with E-state index in [1.165, 1.54) is 0 Å². The average molecular weight is 310 g/mol. The molecule has 0 atom stereocenters. The zero-order chi connectivity index (χ0) is 16.4. The molecule has 0 fully saturated rings. The first-order valence-electron chi connectivity index (χ1n) is 7.80. The van der Waals surface area contributed by atoms with Crippen LogP contribution in [0.1, 0.15) is 31.9 Å². The Hall–Kier alpha value is -2.42. The van der Waals surface area contributed by atoms with E-state index < -0.39 is 0 Å². The minimum absolute atomic E-state index is 0.0100. The van der Waals surface area contributed by atoms with Crippen LogP contribution in [-0.4, -0.2) is 18.3 Å². The molecule has 23 heavy (non-hydrogen) atoms. The van der Waals surface area contributed by atoms with Crippen molar-refractivity contribution >= 4 is 11.6 Å². The fraction of sp³-hybridized carbons (Fsp3) is 0.300. The van der Waals surface area contributed by atoms with E-state index in [2.05, 4.69) is 26.8 Å². The van der Waals surface area contributed by atoms with Gasteiger partial charge in [0, 0.05) is 5.41 Å². The summed E-state index contributed by atoms with van der Waals surface area (Å²) in [6, 6.07) is 13.2. The molecular weight excluding hydrogens is 288 g/mol. The normalized spacial score (nSPS) is 16.7. The predicted molar refractivity (Wildman–Crippen MR) is 92.9 cm³/mol. The monoisotopic (exact) mass is 310 g/mol. The lowest BCUT2D eigenvalue weighted by molar-refractivity contribution is 0.140. The highest BCUT2D eigenvalue weighted by Crippen LogP contribution is 2.36. The van der Waals surface area contributed by atoms with Gasteiger partial charge in [0.25, 0.3) is 0 Å². The van der Waals surface area contributed by atoms with Gasteiger partial charge in [-0.05, 0) is 47.9 Å². The molecule has 0 aliphatic carbocycles. The van der Waals surface area contributed by atoms with Gasteiger partial charge in [-0.2, -0.15) is 0 Å².